The maximum atomic E-state index is 5.52. The molecule has 94 valence electrons. The van der Waals surface area contributed by atoms with E-state index in [1.807, 2.05) is 6.07 Å². The van der Waals surface area contributed by atoms with Gasteiger partial charge in [0.25, 0.3) is 0 Å². The summed E-state index contributed by atoms with van der Waals surface area (Å²) in [4.78, 5) is 2.29. The fourth-order valence-electron chi connectivity index (χ4n) is 2.59. The molecule has 1 aliphatic carbocycles. The number of methoxy groups -OCH3 is 2. The molecule has 1 aliphatic rings. The molecule has 3 nitrogen and oxygen atoms in total. The number of fused-ring (bicyclic) bond motifs is 1. The van der Waals surface area contributed by atoms with Crippen LogP contribution in [0.3, 0.4) is 0 Å². The molecule has 3 heteroatoms. The molecule has 1 aromatic rings. The Morgan fingerprint density at radius 1 is 1.18 bits per heavy atom. The second kappa shape index (κ2) is 4.96. The molecule has 0 aromatic heterocycles. The van der Waals surface area contributed by atoms with E-state index in [1.165, 1.54) is 17.5 Å². The Kier molecular flexibility index (Phi) is 3.57. The van der Waals surface area contributed by atoms with Crippen molar-refractivity contribution in [1.82, 2.24) is 4.90 Å². The first kappa shape index (κ1) is 12.2. The SMILES string of the molecule is COc1ccc2c(c1OC)CC(N(C)C)CC2. The predicted octanol–water partition coefficient (Wildman–Crippen LogP) is 2.12. The molecule has 1 aromatic carbocycles. The van der Waals surface area contributed by atoms with Crippen LogP contribution in [0.2, 0.25) is 0 Å². The lowest BCUT2D eigenvalue weighted by atomic mass is 9.87. The third-order valence-corrected chi connectivity index (χ3v) is 3.66. The van der Waals surface area contributed by atoms with Gasteiger partial charge in [-0.3, -0.25) is 0 Å². The normalized spacial score (nSPS) is 19.0. The van der Waals surface area contributed by atoms with Gasteiger partial charge < -0.3 is 14.4 Å². The van der Waals surface area contributed by atoms with Gasteiger partial charge in [-0.2, -0.15) is 0 Å². The molecule has 0 saturated heterocycles. The standard InChI is InChI=1S/C14H21NO2/c1-15(2)11-7-5-10-6-8-13(16-3)14(17-4)12(10)9-11/h6,8,11H,5,7,9H2,1-4H3. The van der Waals surface area contributed by atoms with E-state index in [9.17, 15) is 0 Å². The second-order valence-corrected chi connectivity index (χ2v) is 4.80. The number of ether oxygens (including phenoxy) is 2. The van der Waals surface area contributed by atoms with Gasteiger partial charge in [0.15, 0.2) is 11.5 Å². The van der Waals surface area contributed by atoms with Gasteiger partial charge in [0.1, 0.15) is 0 Å². The molecule has 0 bridgehead atoms. The van der Waals surface area contributed by atoms with E-state index in [0.717, 1.165) is 24.3 Å². The molecule has 0 N–H and O–H groups in total. The van der Waals surface area contributed by atoms with Crippen molar-refractivity contribution in [3.05, 3.63) is 23.3 Å². The highest BCUT2D eigenvalue weighted by Gasteiger charge is 2.24. The topological polar surface area (TPSA) is 21.7 Å². The van der Waals surface area contributed by atoms with Crippen molar-refractivity contribution in [3.8, 4) is 11.5 Å². The molecular formula is C14H21NO2. The number of rotatable bonds is 3. The summed E-state index contributed by atoms with van der Waals surface area (Å²) in [5.41, 5.74) is 2.72. The van der Waals surface area contributed by atoms with Gasteiger partial charge in [-0.15, -0.1) is 0 Å². The van der Waals surface area contributed by atoms with Crippen molar-refractivity contribution in [3.63, 3.8) is 0 Å². The molecule has 0 radical (unpaired) electrons. The summed E-state index contributed by atoms with van der Waals surface area (Å²) in [6.07, 6.45) is 3.39. The largest absolute Gasteiger partial charge is 0.493 e. The van der Waals surface area contributed by atoms with Crippen LogP contribution in [0.25, 0.3) is 0 Å². The fourth-order valence-corrected chi connectivity index (χ4v) is 2.59. The number of aryl methyl sites for hydroxylation is 1. The zero-order chi connectivity index (χ0) is 12.4. The third kappa shape index (κ3) is 2.25. The molecule has 1 atom stereocenters. The van der Waals surface area contributed by atoms with Crippen LogP contribution in [0.1, 0.15) is 17.5 Å². The van der Waals surface area contributed by atoms with E-state index in [4.69, 9.17) is 9.47 Å². The minimum absolute atomic E-state index is 0.600. The van der Waals surface area contributed by atoms with Crippen molar-refractivity contribution >= 4 is 0 Å². The van der Waals surface area contributed by atoms with Crippen LogP contribution in [0.4, 0.5) is 0 Å². The molecule has 1 unspecified atom stereocenters. The van der Waals surface area contributed by atoms with E-state index < -0.39 is 0 Å². The Labute approximate surface area is 103 Å². The van der Waals surface area contributed by atoms with Crippen LogP contribution in [0.15, 0.2) is 12.1 Å². The summed E-state index contributed by atoms with van der Waals surface area (Å²) >= 11 is 0. The molecule has 17 heavy (non-hydrogen) atoms. The summed E-state index contributed by atoms with van der Waals surface area (Å²) in [6.45, 7) is 0. The van der Waals surface area contributed by atoms with Crippen LogP contribution >= 0.6 is 0 Å². The molecule has 0 saturated carbocycles. The lowest BCUT2D eigenvalue weighted by molar-refractivity contribution is 0.262. The van der Waals surface area contributed by atoms with Crippen LogP contribution in [-0.2, 0) is 12.8 Å². The lowest BCUT2D eigenvalue weighted by Gasteiger charge is -2.31. The van der Waals surface area contributed by atoms with Gasteiger partial charge in [0.2, 0.25) is 0 Å². The predicted molar refractivity (Wildman–Crippen MR) is 69.0 cm³/mol. The highest BCUT2D eigenvalue weighted by atomic mass is 16.5. The van der Waals surface area contributed by atoms with Crippen molar-refractivity contribution < 1.29 is 9.47 Å². The van der Waals surface area contributed by atoms with Gasteiger partial charge in [0.05, 0.1) is 14.2 Å². The Bertz CT molecular complexity index is 401. The molecule has 0 fully saturated rings. The first-order valence-corrected chi connectivity index (χ1v) is 6.06. The molecule has 2 rings (SSSR count). The highest BCUT2D eigenvalue weighted by molar-refractivity contribution is 5.52. The monoisotopic (exact) mass is 235 g/mol. The second-order valence-electron chi connectivity index (χ2n) is 4.80. The molecule has 0 amide bonds. The minimum atomic E-state index is 0.600. The smallest absolute Gasteiger partial charge is 0.164 e. The quantitative estimate of drug-likeness (QED) is 0.801. The van der Waals surface area contributed by atoms with Gasteiger partial charge >= 0.3 is 0 Å². The van der Waals surface area contributed by atoms with E-state index in [2.05, 4.69) is 25.1 Å². The molecule has 0 spiro atoms. The Morgan fingerprint density at radius 2 is 1.94 bits per heavy atom. The van der Waals surface area contributed by atoms with E-state index >= 15 is 0 Å². The summed E-state index contributed by atoms with van der Waals surface area (Å²) in [5.74, 6) is 1.75. The summed E-state index contributed by atoms with van der Waals surface area (Å²) in [7, 11) is 7.69. The van der Waals surface area contributed by atoms with Gasteiger partial charge in [0, 0.05) is 11.6 Å². The van der Waals surface area contributed by atoms with Crippen LogP contribution in [0.5, 0.6) is 11.5 Å². The highest BCUT2D eigenvalue weighted by Crippen LogP contribution is 2.37. The maximum Gasteiger partial charge on any atom is 0.164 e. The number of benzene rings is 1. The Balaban J connectivity index is 2.39. The maximum absolute atomic E-state index is 5.52. The first-order valence-electron chi connectivity index (χ1n) is 6.06. The first-order chi connectivity index (χ1) is 8.17. The van der Waals surface area contributed by atoms with Crippen molar-refractivity contribution in [2.24, 2.45) is 0 Å². The average molecular weight is 235 g/mol. The summed E-state index contributed by atoms with van der Waals surface area (Å²) in [6, 6.07) is 4.78. The molecular weight excluding hydrogens is 214 g/mol. The third-order valence-electron chi connectivity index (χ3n) is 3.66. The fraction of sp³-hybridized carbons (Fsp3) is 0.571. The summed E-state index contributed by atoms with van der Waals surface area (Å²) < 4.78 is 10.9. The van der Waals surface area contributed by atoms with Gasteiger partial charge in [-0.25, -0.2) is 0 Å². The molecule has 0 aliphatic heterocycles. The van der Waals surface area contributed by atoms with E-state index in [-0.39, 0.29) is 0 Å². The van der Waals surface area contributed by atoms with Gasteiger partial charge in [-0.1, -0.05) is 6.07 Å². The zero-order valence-electron chi connectivity index (χ0n) is 11.1. The van der Waals surface area contributed by atoms with Crippen molar-refractivity contribution in [2.75, 3.05) is 28.3 Å². The number of hydrogen-bond donors (Lipinski definition) is 0. The van der Waals surface area contributed by atoms with Crippen molar-refractivity contribution in [1.29, 1.82) is 0 Å². The van der Waals surface area contributed by atoms with Gasteiger partial charge in [-0.05, 0) is 45.0 Å². The number of likely N-dealkylation sites (N-methyl/N-ethyl adjacent to an activating group) is 1. The summed E-state index contributed by atoms with van der Waals surface area (Å²) in [5, 5.41) is 0. The number of hydrogen-bond acceptors (Lipinski definition) is 3. The average Bonchev–Trinajstić information content (AvgIpc) is 2.36. The van der Waals surface area contributed by atoms with Crippen LogP contribution in [-0.4, -0.2) is 39.3 Å². The Hall–Kier alpha value is -1.22. The van der Waals surface area contributed by atoms with Crippen molar-refractivity contribution in [2.45, 2.75) is 25.3 Å². The lowest BCUT2D eigenvalue weighted by Crippen LogP contribution is -2.33. The number of nitrogens with zero attached hydrogens (tertiary/aromatic N) is 1. The zero-order valence-corrected chi connectivity index (χ0v) is 11.1. The minimum Gasteiger partial charge on any atom is -0.493 e. The Morgan fingerprint density at radius 3 is 2.53 bits per heavy atom. The van der Waals surface area contributed by atoms with Crippen LogP contribution < -0.4 is 9.47 Å². The van der Waals surface area contributed by atoms with Crippen LogP contribution in [0, 0.1) is 0 Å². The van der Waals surface area contributed by atoms with E-state index in [0.29, 0.717) is 6.04 Å². The van der Waals surface area contributed by atoms with E-state index in [1.54, 1.807) is 14.2 Å². The molecule has 0 heterocycles.